The minimum Gasteiger partial charge on any atom is -0.497 e. The van der Waals surface area contributed by atoms with Crippen molar-refractivity contribution in [2.75, 3.05) is 12.4 Å². The topological polar surface area (TPSA) is 110 Å². The molecule has 0 spiro atoms. The number of methoxy groups -OCH3 is 1. The molecule has 7 heteroatoms. The maximum Gasteiger partial charge on any atom is 0.305 e. The quantitative estimate of drug-likeness (QED) is 0.742. The van der Waals surface area contributed by atoms with Crippen LogP contribution in [0.15, 0.2) is 36.7 Å². The second-order valence-electron chi connectivity index (χ2n) is 4.40. The Morgan fingerprint density at radius 1 is 1.43 bits per heavy atom. The van der Waals surface area contributed by atoms with Gasteiger partial charge in [-0.25, -0.2) is 9.97 Å². The number of anilines is 2. The van der Waals surface area contributed by atoms with Crippen LogP contribution < -0.4 is 15.8 Å². The number of aromatic nitrogens is 2. The van der Waals surface area contributed by atoms with Gasteiger partial charge < -0.3 is 20.9 Å². The van der Waals surface area contributed by atoms with Gasteiger partial charge in [-0.05, 0) is 12.1 Å². The number of benzene rings is 1. The smallest absolute Gasteiger partial charge is 0.305 e. The number of nitrogens with zero attached hydrogens (tertiary/aromatic N) is 2. The van der Waals surface area contributed by atoms with Gasteiger partial charge in [0.2, 0.25) is 5.95 Å². The number of nitrogens with one attached hydrogen (secondary N) is 1. The molecule has 1 aromatic carbocycles. The molecule has 0 aliphatic rings. The van der Waals surface area contributed by atoms with Gasteiger partial charge in [0.25, 0.3) is 0 Å². The molecule has 0 aliphatic heterocycles. The van der Waals surface area contributed by atoms with Gasteiger partial charge in [0, 0.05) is 35.8 Å². The molecular weight excluding hydrogens is 272 g/mol. The van der Waals surface area contributed by atoms with Crippen molar-refractivity contribution in [3.63, 3.8) is 0 Å². The molecule has 0 bridgehead atoms. The van der Waals surface area contributed by atoms with E-state index in [4.69, 9.17) is 15.6 Å². The maximum atomic E-state index is 10.6. The van der Waals surface area contributed by atoms with Gasteiger partial charge in [-0.1, -0.05) is 6.07 Å². The molecule has 21 heavy (non-hydrogen) atoms. The highest BCUT2D eigenvalue weighted by atomic mass is 16.5. The molecule has 1 heterocycles. The van der Waals surface area contributed by atoms with Crippen LogP contribution in [0.1, 0.15) is 18.0 Å². The Balaban J connectivity index is 2.06. The molecule has 1 unspecified atom stereocenters. The van der Waals surface area contributed by atoms with Crippen molar-refractivity contribution < 1.29 is 14.6 Å². The SMILES string of the molecule is COc1cccc(Nc2ncc(C(N)CC(=O)O)cn2)c1. The lowest BCUT2D eigenvalue weighted by Gasteiger charge is -2.10. The first-order valence-corrected chi connectivity index (χ1v) is 6.29. The minimum atomic E-state index is -0.957. The second-order valence-corrected chi connectivity index (χ2v) is 4.40. The molecule has 1 atom stereocenters. The summed E-state index contributed by atoms with van der Waals surface area (Å²) < 4.78 is 5.13. The van der Waals surface area contributed by atoms with E-state index in [2.05, 4.69) is 15.3 Å². The highest BCUT2D eigenvalue weighted by molar-refractivity contribution is 5.67. The van der Waals surface area contributed by atoms with Crippen LogP contribution in [0.5, 0.6) is 5.75 Å². The third-order valence-electron chi connectivity index (χ3n) is 2.82. The lowest BCUT2D eigenvalue weighted by atomic mass is 10.1. The van der Waals surface area contributed by atoms with Crippen LogP contribution >= 0.6 is 0 Å². The van der Waals surface area contributed by atoms with Gasteiger partial charge in [0.05, 0.1) is 13.5 Å². The Bertz CT molecular complexity index is 616. The normalized spacial score (nSPS) is 11.7. The first kappa shape index (κ1) is 14.7. The highest BCUT2D eigenvalue weighted by Gasteiger charge is 2.11. The second kappa shape index (κ2) is 6.67. The summed E-state index contributed by atoms with van der Waals surface area (Å²) in [6.45, 7) is 0. The van der Waals surface area contributed by atoms with Crippen LogP contribution in [-0.2, 0) is 4.79 Å². The van der Waals surface area contributed by atoms with E-state index >= 15 is 0 Å². The molecule has 7 nitrogen and oxygen atoms in total. The molecule has 0 amide bonds. The number of ether oxygens (including phenoxy) is 1. The highest BCUT2D eigenvalue weighted by Crippen LogP contribution is 2.20. The number of carboxylic acid groups (broad SMARTS) is 1. The molecule has 0 aliphatic carbocycles. The Morgan fingerprint density at radius 2 is 2.14 bits per heavy atom. The Morgan fingerprint density at radius 3 is 2.76 bits per heavy atom. The largest absolute Gasteiger partial charge is 0.497 e. The predicted octanol–water partition coefficient (Wildman–Crippen LogP) is 1.70. The molecule has 0 radical (unpaired) electrons. The average molecular weight is 288 g/mol. The third kappa shape index (κ3) is 4.15. The van der Waals surface area contributed by atoms with Crippen LogP contribution in [0.4, 0.5) is 11.6 Å². The zero-order valence-electron chi connectivity index (χ0n) is 11.5. The van der Waals surface area contributed by atoms with Crippen molar-refractivity contribution >= 4 is 17.6 Å². The molecule has 0 fully saturated rings. The number of hydrogen-bond donors (Lipinski definition) is 3. The molecule has 4 N–H and O–H groups in total. The van der Waals surface area contributed by atoms with E-state index in [0.29, 0.717) is 11.5 Å². The van der Waals surface area contributed by atoms with Gasteiger partial charge in [-0.3, -0.25) is 4.79 Å². The van der Waals surface area contributed by atoms with Crippen molar-refractivity contribution in [1.29, 1.82) is 0 Å². The van der Waals surface area contributed by atoms with E-state index in [1.165, 1.54) is 12.4 Å². The van der Waals surface area contributed by atoms with Crippen molar-refractivity contribution in [2.24, 2.45) is 5.73 Å². The maximum absolute atomic E-state index is 10.6. The minimum absolute atomic E-state index is 0.161. The zero-order valence-corrected chi connectivity index (χ0v) is 11.5. The summed E-state index contributed by atoms with van der Waals surface area (Å²) in [4.78, 5) is 18.9. The summed E-state index contributed by atoms with van der Waals surface area (Å²) in [6, 6.07) is 6.73. The molecular formula is C14H16N4O3. The van der Waals surface area contributed by atoms with Crippen LogP contribution in [0.3, 0.4) is 0 Å². The summed E-state index contributed by atoms with van der Waals surface area (Å²) in [5.74, 6) is 0.163. The van der Waals surface area contributed by atoms with E-state index in [0.717, 1.165) is 11.4 Å². The van der Waals surface area contributed by atoms with Gasteiger partial charge >= 0.3 is 5.97 Å². The molecule has 110 valence electrons. The number of aliphatic carboxylic acids is 1. The van der Waals surface area contributed by atoms with E-state index in [1.807, 2.05) is 24.3 Å². The standard InChI is InChI=1S/C14H16N4O3/c1-21-11-4-2-3-10(5-11)18-14-16-7-9(8-17-14)12(15)6-13(19)20/h2-5,7-8,12H,6,15H2,1H3,(H,19,20)(H,16,17,18). The van der Waals surface area contributed by atoms with Crippen LogP contribution in [-0.4, -0.2) is 28.2 Å². The fourth-order valence-corrected chi connectivity index (χ4v) is 1.73. The Hall–Kier alpha value is -2.67. The van der Waals surface area contributed by atoms with E-state index in [-0.39, 0.29) is 6.42 Å². The van der Waals surface area contributed by atoms with E-state index in [1.54, 1.807) is 7.11 Å². The van der Waals surface area contributed by atoms with Crippen LogP contribution in [0.25, 0.3) is 0 Å². The first-order chi connectivity index (χ1) is 10.1. The molecule has 2 aromatic rings. The number of carboxylic acids is 1. The predicted molar refractivity (Wildman–Crippen MR) is 77.5 cm³/mol. The average Bonchev–Trinajstić information content (AvgIpc) is 2.47. The van der Waals surface area contributed by atoms with Gasteiger partial charge in [0.1, 0.15) is 5.75 Å². The molecule has 1 aromatic heterocycles. The third-order valence-corrected chi connectivity index (χ3v) is 2.82. The van der Waals surface area contributed by atoms with Gasteiger partial charge in [-0.15, -0.1) is 0 Å². The van der Waals surface area contributed by atoms with E-state index < -0.39 is 12.0 Å². The lowest BCUT2D eigenvalue weighted by molar-refractivity contribution is -0.137. The van der Waals surface area contributed by atoms with Gasteiger partial charge in [0.15, 0.2) is 0 Å². The number of nitrogens with two attached hydrogens (primary N) is 1. The summed E-state index contributed by atoms with van der Waals surface area (Å²) in [5.41, 5.74) is 7.10. The van der Waals surface area contributed by atoms with Crippen LogP contribution in [0.2, 0.25) is 0 Å². The van der Waals surface area contributed by atoms with Crippen LogP contribution in [0, 0.1) is 0 Å². The molecule has 2 rings (SSSR count). The summed E-state index contributed by atoms with van der Waals surface area (Å²) in [5, 5.41) is 11.7. The molecule has 0 saturated carbocycles. The Labute approximate surface area is 121 Å². The molecule has 0 saturated heterocycles. The zero-order chi connectivity index (χ0) is 15.2. The first-order valence-electron chi connectivity index (χ1n) is 6.29. The van der Waals surface area contributed by atoms with Gasteiger partial charge in [-0.2, -0.15) is 0 Å². The summed E-state index contributed by atoms with van der Waals surface area (Å²) >= 11 is 0. The van der Waals surface area contributed by atoms with Crippen molar-refractivity contribution in [1.82, 2.24) is 9.97 Å². The van der Waals surface area contributed by atoms with Crippen molar-refractivity contribution in [2.45, 2.75) is 12.5 Å². The Kier molecular flexibility index (Phi) is 4.68. The number of carbonyl (C=O) groups is 1. The fraction of sp³-hybridized carbons (Fsp3) is 0.214. The van der Waals surface area contributed by atoms with Crippen molar-refractivity contribution in [3.05, 3.63) is 42.2 Å². The summed E-state index contributed by atoms with van der Waals surface area (Å²) in [7, 11) is 1.59. The lowest BCUT2D eigenvalue weighted by Crippen LogP contribution is -2.15. The number of hydrogen-bond acceptors (Lipinski definition) is 6. The fourth-order valence-electron chi connectivity index (χ4n) is 1.73. The number of rotatable bonds is 6. The van der Waals surface area contributed by atoms with Crippen molar-refractivity contribution in [3.8, 4) is 5.75 Å². The summed E-state index contributed by atoms with van der Waals surface area (Å²) in [6.07, 6.45) is 2.87. The monoisotopic (exact) mass is 288 g/mol. The van der Waals surface area contributed by atoms with E-state index in [9.17, 15) is 4.79 Å².